The van der Waals surface area contributed by atoms with Gasteiger partial charge in [-0.3, -0.25) is 9.00 Å². The molecule has 0 saturated heterocycles. The Labute approximate surface area is 144 Å². The van der Waals surface area contributed by atoms with E-state index in [1.165, 1.54) is 0 Å². The smallest absolute Gasteiger partial charge is 0.256 e. The molecule has 1 amide bonds. The average Bonchev–Trinajstić information content (AvgIpc) is 2.99. The summed E-state index contributed by atoms with van der Waals surface area (Å²) in [5.41, 5.74) is 4.32. The van der Waals surface area contributed by atoms with Gasteiger partial charge in [0.1, 0.15) is 5.82 Å². The zero-order chi connectivity index (χ0) is 17.6. The topological polar surface area (TPSA) is 64.0 Å². The molecule has 0 unspecified atom stereocenters. The van der Waals surface area contributed by atoms with Crippen LogP contribution in [0.15, 0.2) is 18.2 Å². The Balaban J connectivity index is 1.98. The molecular weight excluding hydrogens is 322 g/mol. The molecule has 3 rings (SSSR count). The summed E-state index contributed by atoms with van der Waals surface area (Å²) in [7, 11) is -0.927. The maximum Gasteiger partial charge on any atom is 0.256 e. The minimum absolute atomic E-state index is 0.163. The molecule has 2 aromatic rings. The van der Waals surface area contributed by atoms with E-state index in [0.29, 0.717) is 22.9 Å². The molecule has 24 heavy (non-hydrogen) atoms. The van der Waals surface area contributed by atoms with Crippen LogP contribution in [0.5, 0.6) is 0 Å². The molecule has 6 heteroatoms. The molecule has 0 bridgehead atoms. The number of anilines is 1. The van der Waals surface area contributed by atoms with Crippen LogP contribution in [0.25, 0.3) is 0 Å². The minimum atomic E-state index is -0.927. The summed E-state index contributed by atoms with van der Waals surface area (Å²) < 4.78 is 13.7. The SMILES string of the molecule is Cc1ccc(C(=O)Nc2c3c(nn2C(C)(C)C)C[S@](=O)C3)cc1C. The van der Waals surface area contributed by atoms with E-state index in [-0.39, 0.29) is 11.4 Å². The highest BCUT2D eigenvalue weighted by Gasteiger charge is 2.31. The van der Waals surface area contributed by atoms with Crippen molar-refractivity contribution in [2.75, 3.05) is 5.32 Å². The third kappa shape index (κ3) is 3.02. The van der Waals surface area contributed by atoms with Crippen molar-refractivity contribution in [3.63, 3.8) is 0 Å². The number of benzene rings is 1. The van der Waals surface area contributed by atoms with Crippen LogP contribution in [-0.2, 0) is 27.8 Å². The first kappa shape index (κ1) is 16.9. The highest BCUT2D eigenvalue weighted by atomic mass is 32.2. The molecule has 1 aliphatic rings. The first-order valence-corrected chi connectivity index (χ1v) is 9.50. The Morgan fingerprint density at radius 1 is 1.21 bits per heavy atom. The lowest BCUT2D eigenvalue weighted by Crippen LogP contribution is -2.27. The Hall–Kier alpha value is -1.95. The fourth-order valence-corrected chi connectivity index (χ4v) is 4.07. The molecular formula is C18H23N3O2S. The van der Waals surface area contributed by atoms with Gasteiger partial charge in [-0.25, -0.2) is 4.68 Å². The van der Waals surface area contributed by atoms with Gasteiger partial charge in [0.15, 0.2) is 0 Å². The van der Waals surface area contributed by atoms with Crippen molar-refractivity contribution in [1.82, 2.24) is 9.78 Å². The van der Waals surface area contributed by atoms with Crippen molar-refractivity contribution in [1.29, 1.82) is 0 Å². The van der Waals surface area contributed by atoms with Crippen LogP contribution >= 0.6 is 0 Å². The summed E-state index contributed by atoms with van der Waals surface area (Å²) in [6.45, 7) is 10.1. The third-order valence-corrected chi connectivity index (χ3v) is 5.51. The molecule has 0 saturated carbocycles. The molecule has 5 nitrogen and oxygen atoms in total. The number of hydrogen-bond donors (Lipinski definition) is 1. The predicted molar refractivity (Wildman–Crippen MR) is 96.6 cm³/mol. The summed E-state index contributed by atoms with van der Waals surface area (Å²) in [5, 5.41) is 7.61. The highest BCUT2D eigenvalue weighted by molar-refractivity contribution is 7.83. The summed E-state index contributed by atoms with van der Waals surface area (Å²) in [6.07, 6.45) is 0. The van der Waals surface area contributed by atoms with Crippen LogP contribution in [0.3, 0.4) is 0 Å². The van der Waals surface area contributed by atoms with Gasteiger partial charge in [0.2, 0.25) is 0 Å². The van der Waals surface area contributed by atoms with Crippen LogP contribution in [-0.4, -0.2) is 19.9 Å². The van der Waals surface area contributed by atoms with E-state index in [2.05, 4.69) is 10.4 Å². The number of nitrogens with zero attached hydrogens (tertiary/aromatic N) is 2. The third-order valence-electron chi connectivity index (χ3n) is 4.31. The van der Waals surface area contributed by atoms with E-state index in [4.69, 9.17) is 0 Å². The number of amides is 1. The van der Waals surface area contributed by atoms with Crippen molar-refractivity contribution in [2.24, 2.45) is 0 Å². The van der Waals surface area contributed by atoms with E-state index in [1.54, 1.807) is 0 Å². The molecule has 0 radical (unpaired) electrons. The second-order valence-corrected chi connectivity index (χ2v) is 8.80. The summed E-state index contributed by atoms with van der Waals surface area (Å²) in [5.74, 6) is 1.43. The Kier molecular flexibility index (Phi) is 4.11. The van der Waals surface area contributed by atoms with Gasteiger partial charge in [0, 0.05) is 21.9 Å². The molecule has 128 valence electrons. The first-order chi connectivity index (χ1) is 11.2. The zero-order valence-electron chi connectivity index (χ0n) is 14.8. The number of fused-ring (bicyclic) bond motifs is 1. The Bertz CT molecular complexity index is 847. The Morgan fingerprint density at radius 2 is 1.92 bits per heavy atom. The second-order valence-electron chi connectivity index (χ2n) is 7.34. The van der Waals surface area contributed by atoms with E-state index in [9.17, 15) is 9.00 Å². The standard InChI is InChI=1S/C18H23N3O2S/c1-11-6-7-13(8-12(11)2)17(22)19-16-14-9-24(23)10-15(14)20-21(16)18(3,4)5/h6-8H,9-10H2,1-5H3,(H,19,22)/t24-/m1/s1. The number of nitrogens with one attached hydrogen (secondary N) is 1. The van der Waals surface area contributed by atoms with Crippen LogP contribution in [0, 0.1) is 13.8 Å². The van der Waals surface area contributed by atoms with Crippen molar-refractivity contribution >= 4 is 22.5 Å². The first-order valence-electron chi connectivity index (χ1n) is 8.01. The van der Waals surface area contributed by atoms with E-state index < -0.39 is 10.8 Å². The average molecular weight is 345 g/mol. The van der Waals surface area contributed by atoms with Crippen molar-refractivity contribution < 1.29 is 9.00 Å². The van der Waals surface area contributed by atoms with E-state index in [1.807, 2.05) is 57.5 Å². The number of carbonyl (C=O) groups is 1. The minimum Gasteiger partial charge on any atom is -0.306 e. The van der Waals surface area contributed by atoms with Gasteiger partial charge < -0.3 is 5.32 Å². The largest absolute Gasteiger partial charge is 0.306 e. The lowest BCUT2D eigenvalue weighted by molar-refractivity contribution is 0.102. The van der Waals surface area contributed by atoms with Gasteiger partial charge in [-0.05, 0) is 57.9 Å². The molecule has 1 atom stereocenters. The van der Waals surface area contributed by atoms with E-state index >= 15 is 0 Å². The van der Waals surface area contributed by atoms with Crippen LogP contribution in [0.2, 0.25) is 0 Å². The number of hydrogen-bond acceptors (Lipinski definition) is 3. The maximum atomic E-state index is 12.7. The van der Waals surface area contributed by atoms with Gasteiger partial charge in [-0.15, -0.1) is 0 Å². The number of rotatable bonds is 2. The van der Waals surface area contributed by atoms with Gasteiger partial charge in [-0.1, -0.05) is 6.07 Å². The Morgan fingerprint density at radius 3 is 2.54 bits per heavy atom. The van der Waals surface area contributed by atoms with Gasteiger partial charge >= 0.3 is 0 Å². The molecule has 0 aliphatic carbocycles. The zero-order valence-corrected chi connectivity index (χ0v) is 15.6. The van der Waals surface area contributed by atoms with Gasteiger partial charge in [0.25, 0.3) is 5.91 Å². The lowest BCUT2D eigenvalue weighted by atomic mass is 10.1. The lowest BCUT2D eigenvalue weighted by Gasteiger charge is -2.23. The molecule has 0 spiro atoms. The van der Waals surface area contributed by atoms with Crippen LogP contribution in [0.4, 0.5) is 5.82 Å². The predicted octanol–water partition coefficient (Wildman–Crippen LogP) is 3.27. The molecule has 0 fully saturated rings. The summed E-state index contributed by atoms with van der Waals surface area (Å²) in [4.78, 5) is 12.7. The van der Waals surface area contributed by atoms with Gasteiger partial charge in [-0.2, -0.15) is 5.10 Å². The highest BCUT2D eigenvalue weighted by Crippen LogP contribution is 2.33. The van der Waals surface area contributed by atoms with Crippen LogP contribution in [0.1, 0.15) is 53.5 Å². The van der Waals surface area contributed by atoms with Crippen molar-refractivity contribution in [3.05, 3.63) is 46.1 Å². The second kappa shape index (κ2) is 5.84. The fourth-order valence-electron chi connectivity index (χ4n) is 2.80. The monoisotopic (exact) mass is 345 g/mol. The number of aromatic nitrogens is 2. The van der Waals surface area contributed by atoms with Gasteiger partial charge in [0.05, 0.1) is 22.7 Å². The molecule has 1 aromatic heterocycles. The normalized spacial score (nSPS) is 17.0. The molecule has 1 aliphatic heterocycles. The molecule has 1 N–H and O–H groups in total. The van der Waals surface area contributed by atoms with Crippen LogP contribution < -0.4 is 5.32 Å². The van der Waals surface area contributed by atoms with Crippen molar-refractivity contribution in [3.8, 4) is 0 Å². The van der Waals surface area contributed by atoms with E-state index in [0.717, 1.165) is 22.4 Å². The quantitative estimate of drug-likeness (QED) is 0.908. The van der Waals surface area contributed by atoms with Crippen molar-refractivity contribution in [2.45, 2.75) is 51.7 Å². The number of carbonyl (C=O) groups excluding carboxylic acids is 1. The fraction of sp³-hybridized carbons (Fsp3) is 0.444. The molecule has 2 heterocycles. The number of aryl methyl sites for hydroxylation is 2. The summed E-state index contributed by atoms with van der Waals surface area (Å²) >= 11 is 0. The maximum absolute atomic E-state index is 12.7. The molecule has 1 aromatic carbocycles. The summed E-state index contributed by atoms with van der Waals surface area (Å²) in [6, 6.07) is 5.67.